The van der Waals surface area contributed by atoms with E-state index in [0.29, 0.717) is 0 Å². The van der Waals surface area contributed by atoms with Crippen molar-refractivity contribution in [2.75, 3.05) is 13.1 Å². The van der Waals surface area contributed by atoms with Crippen LogP contribution in [-0.2, 0) is 0 Å². The average Bonchev–Trinajstić information content (AvgIpc) is 2.14. The van der Waals surface area contributed by atoms with Gasteiger partial charge in [-0.1, -0.05) is 30.4 Å². The summed E-state index contributed by atoms with van der Waals surface area (Å²) >= 11 is 0. The highest BCUT2D eigenvalue weighted by Gasteiger charge is 2.12. The summed E-state index contributed by atoms with van der Waals surface area (Å²) in [4.78, 5) is 0. The Morgan fingerprint density at radius 2 is 2.15 bits per heavy atom. The van der Waals surface area contributed by atoms with Crippen LogP contribution in [0.1, 0.15) is 13.3 Å². The Morgan fingerprint density at radius 1 is 1.23 bits per heavy atom. The Labute approximate surface area is 79.5 Å². The smallest absolute Gasteiger partial charge is 0.0208 e. The lowest BCUT2D eigenvalue weighted by Crippen LogP contribution is -2.26. The summed E-state index contributed by atoms with van der Waals surface area (Å²) in [5.41, 5.74) is 4.39. The number of piperidine rings is 1. The third kappa shape index (κ3) is 1.81. The monoisotopic (exact) mass is 173 g/mol. The SMILES string of the molecule is CC1=C2/CCNC/C2=C/C=C\C=C\1. The molecule has 0 amide bonds. The molecule has 13 heavy (non-hydrogen) atoms. The highest BCUT2D eigenvalue weighted by molar-refractivity contribution is 5.45. The van der Waals surface area contributed by atoms with Gasteiger partial charge in [0.15, 0.2) is 0 Å². The average molecular weight is 173 g/mol. The van der Waals surface area contributed by atoms with E-state index >= 15 is 0 Å². The Hall–Kier alpha value is -1.08. The molecule has 1 heteroatoms. The van der Waals surface area contributed by atoms with Crippen LogP contribution in [0.15, 0.2) is 47.1 Å². The molecule has 0 unspecified atom stereocenters. The second-order valence-electron chi connectivity index (χ2n) is 3.52. The van der Waals surface area contributed by atoms with Crippen molar-refractivity contribution in [1.82, 2.24) is 5.32 Å². The topological polar surface area (TPSA) is 12.0 Å². The molecule has 1 heterocycles. The van der Waals surface area contributed by atoms with Gasteiger partial charge in [-0.15, -0.1) is 0 Å². The number of nitrogens with one attached hydrogen (secondary N) is 1. The van der Waals surface area contributed by atoms with Crippen molar-refractivity contribution >= 4 is 0 Å². The molecule has 0 aromatic carbocycles. The molecule has 0 atom stereocenters. The van der Waals surface area contributed by atoms with Gasteiger partial charge in [-0.05, 0) is 36.6 Å². The van der Waals surface area contributed by atoms with Crippen LogP contribution in [0.5, 0.6) is 0 Å². The minimum atomic E-state index is 1.02. The molecule has 1 aliphatic carbocycles. The van der Waals surface area contributed by atoms with Crippen LogP contribution in [0.4, 0.5) is 0 Å². The highest BCUT2D eigenvalue weighted by atomic mass is 14.9. The van der Waals surface area contributed by atoms with E-state index in [0.717, 1.165) is 19.5 Å². The normalized spacial score (nSPS) is 36.5. The summed E-state index contributed by atoms with van der Waals surface area (Å²) in [5.74, 6) is 0. The maximum absolute atomic E-state index is 3.39. The summed E-state index contributed by atoms with van der Waals surface area (Å²) in [6.07, 6.45) is 11.9. The minimum absolute atomic E-state index is 1.02. The molecule has 0 saturated carbocycles. The third-order valence-electron chi connectivity index (χ3n) is 2.60. The molecule has 0 radical (unpaired) electrons. The fourth-order valence-electron chi connectivity index (χ4n) is 1.85. The predicted octanol–water partition coefficient (Wildman–Crippen LogP) is 2.35. The fourth-order valence-corrected chi connectivity index (χ4v) is 1.85. The lowest BCUT2D eigenvalue weighted by Gasteiger charge is -2.21. The molecule has 1 aliphatic heterocycles. The first kappa shape index (κ1) is 8.52. The lowest BCUT2D eigenvalue weighted by molar-refractivity contribution is 0.679. The molecule has 1 fully saturated rings. The van der Waals surface area contributed by atoms with Crippen molar-refractivity contribution < 1.29 is 0 Å². The van der Waals surface area contributed by atoms with Gasteiger partial charge in [-0.25, -0.2) is 0 Å². The van der Waals surface area contributed by atoms with Gasteiger partial charge in [0, 0.05) is 6.54 Å². The van der Waals surface area contributed by atoms with Gasteiger partial charge in [-0.2, -0.15) is 0 Å². The predicted molar refractivity (Wildman–Crippen MR) is 56.5 cm³/mol. The quantitative estimate of drug-likeness (QED) is 0.593. The minimum Gasteiger partial charge on any atom is -0.312 e. The van der Waals surface area contributed by atoms with Gasteiger partial charge in [0.05, 0.1) is 0 Å². The highest BCUT2D eigenvalue weighted by Crippen LogP contribution is 2.23. The molecule has 68 valence electrons. The third-order valence-corrected chi connectivity index (χ3v) is 2.60. The van der Waals surface area contributed by atoms with Crippen LogP contribution in [0.25, 0.3) is 0 Å². The number of rotatable bonds is 0. The second kappa shape index (κ2) is 3.75. The molecule has 2 aliphatic rings. The molecule has 0 aromatic rings. The Morgan fingerprint density at radius 3 is 3.08 bits per heavy atom. The van der Waals surface area contributed by atoms with Crippen molar-refractivity contribution in [2.45, 2.75) is 13.3 Å². The van der Waals surface area contributed by atoms with Gasteiger partial charge >= 0.3 is 0 Å². The van der Waals surface area contributed by atoms with Gasteiger partial charge in [0.25, 0.3) is 0 Å². The van der Waals surface area contributed by atoms with E-state index in [4.69, 9.17) is 0 Å². The molecule has 1 nitrogen and oxygen atoms in total. The van der Waals surface area contributed by atoms with Gasteiger partial charge in [0.2, 0.25) is 0 Å². The van der Waals surface area contributed by atoms with Gasteiger partial charge < -0.3 is 5.32 Å². The van der Waals surface area contributed by atoms with Crippen LogP contribution in [0, 0.1) is 0 Å². The first-order valence-corrected chi connectivity index (χ1v) is 4.82. The Balaban J connectivity index is 2.39. The van der Waals surface area contributed by atoms with Crippen LogP contribution < -0.4 is 5.32 Å². The summed E-state index contributed by atoms with van der Waals surface area (Å²) < 4.78 is 0. The fraction of sp³-hybridized carbons (Fsp3) is 0.333. The van der Waals surface area contributed by atoms with Crippen molar-refractivity contribution in [3.63, 3.8) is 0 Å². The second-order valence-corrected chi connectivity index (χ2v) is 3.52. The number of fused-ring (bicyclic) bond motifs is 1. The summed E-state index contributed by atoms with van der Waals surface area (Å²) in [5, 5.41) is 3.39. The van der Waals surface area contributed by atoms with Crippen LogP contribution >= 0.6 is 0 Å². The maximum Gasteiger partial charge on any atom is 0.0208 e. The van der Waals surface area contributed by atoms with Crippen LogP contribution in [0.2, 0.25) is 0 Å². The molecule has 0 aromatic heterocycles. The molecule has 1 N–H and O–H groups in total. The zero-order chi connectivity index (χ0) is 9.10. The summed E-state index contributed by atoms with van der Waals surface area (Å²) in [6.45, 7) is 4.33. The molecular weight excluding hydrogens is 158 g/mol. The van der Waals surface area contributed by atoms with E-state index in [2.05, 4.69) is 42.6 Å². The van der Waals surface area contributed by atoms with Crippen molar-refractivity contribution in [1.29, 1.82) is 0 Å². The van der Waals surface area contributed by atoms with Gasteiger partial charge in [0.1, 0.15) is 0 Å². The molecule has 0 spiro atoms. The standard InChI is InChI=1S/C12H15N/c1-10-5-3-2-4-6-11-9-13-8-7-12(10)11/h2-6,13H,7-9H2,1H3/b3-2?,4-2-,5-3+,6-4?,10-5?,11-6-,12-10+. The van der Waals surface area contributed by atoms with Crippen LogP contribution in [-0.4, -0.2) is 13.1 Å². The molecule has 0 bridgehead atoms. The number of hydrogen-bond acceptors (Lipinski definition) is 1. The summed E-state index contributed by atoms with van der Waals surface area (Å²) in [6, 6.07) is 0. The summed E-state index contributed by atoms with van der Waals surface area (Å²) in [7, 11) is 0. The first-order chi connectivity index (χ1) is 6.38. The molecule has 2 rings (SSSR count). The largest absolute Gasteiger partial charge is 0.312 e. The van der Waals surface area contributed by atoms with Crippen LogP contribution in [0.3, 0.4) is 0 Å². The zero-order valence-corrected chi connectivity index (χ0v) is 8.01. The van der Waals surface area contributed by atoms with Crippen molar-refractivity contribution in [2.24, 2.45) is 0 Å². The Kier molecular flexibility index (Phi) is 2.46. The van der Waals surface area contributed by atoms with Crippen molar-refractivity contribution in [3.8, 4) is 0 Å². The molecule has 1 saturated heterocycles. The van der Waals surface area contributed by atoms with Crippen molar-refractivity contribution in [3.05, 3.63) is 47.1 Å². The zero-order valence-electron chi connectivity index (χ0n) is 8.01. The number of hydrogen-bond donors (Lipinski definition) is 1. The van der Waals surface area contributed by atoms with E-state index < -0.39 is 0 Å². The van der Waals surface area contributed by atoms with E-state index in [1.807, 2.05) is 0 Å². The van der Waals surface area contributed by atoms with E-state index in [9.17, 15) is 0 Å². The maximum atomic E-state index is 3.39. The first-order valence-electron chi connectivity index (χ1n) is 4.82. The van der Waals surface area contributed by atoms with Gasteiger partial charge in [-0.3, -0.25) is 0 Å². The Bertz CT molecular complexity index is 316. The van der Waals surface area contributed by atoms with E-state index in [-0.39, 0.29) is 0 Å². The number of allylic oxidation sites excluding steroid dienone is 6. The lowest BCUT2D eigenvalue weighted by atomic mass is 9.93. The molecular formula is C12H15N. The van der Waals surface area contributed by atoms with E-state index in [1.54, 1.807) is 0 Å². The van der Waals surface area contributed by atoms with E-state index in [1.165, 1.54) is 16.7 Å².